The number of aromatic amines is 1. The minimum atomic E-state index is 0.164. The van der Waals surface area contributed by atoms with Crippen molar-refractivity contribution in [2.24, 2.45) is 5.92 Å². The summed E-state index contributed by atoms with van der Waals surface area (Å²) in [6.07, 6.45) is 3.51. The molecule has 0 radical (unpaired) electrons. The minimum absolute atomic E-state index is 0.164. The molecule has 0 spiro atoms. The van der Waals surface area contributed by atoms with Gasteiger partial charge in [-0.25, -0.2) is 0 Å². The standard InChI is InChI=1S/C17H24N2O/c1-11(2)16(10-20)18-15-9-5-7-13-12-6-3-4-8-14(12)19-17(13)15/h3-4,6,8,11,15-16,18-20H,5,7,9-10H2,1-2H3. The molecule has 0 bridgehead atoms. The SMILES string of the molecule is CC(C)C(CO)NC1CCCc2c1[nH]c1ccccc21. The maximum Gasteiger partial charge on any atom is 0.0587 e. The smallest absolute Gasteiger partial charge is 0.0587 e. The fourth-order valence-corrected chi connectivity index (χ4v) is 3.30. The van der Waals surface area contributed by atoms with Crippen LogP contribution in [0.25, 0.3) is 10.9 Å². The maximum absolute atomic E-state index is 9.54. The molecule has 108 valence electrons. The van der Waals surface area contributed by atoms with Crippen LogP contribution in [0.5, 0.6) is 0 Å². The number of aromatic nitrogens is 1. The van der Waals surface area contributed by atoms with E-state index in [1.54, 1.807) is 0 Å². The number of rotatable bonds is 4. The Morgan fingerprint density at radius 3 is 2.90 bits per heavy atom. The topological polar surface area (TPSA) is 48.0 Å². The maximum atomic E-state index is 9.54. The van der Waals surface area contributed by atoms with E-state index >= 15 is 0 Å². The number of H-pyrrole nitrogens is 1. The number of hydrogen-bond donors (Lipinski definition) is 3. The van der Waals surface area contributed by atoms with Gasteiger partial charge < -0.3 is 15.4 Å². The first-order valence-electron chi connectivity index (χ1n) is 7.67. The van der Waals surface area contributed by atoms with Crippen molar-refractivity contribution in [3.05, 3.63) is 35.5 Å². The Hall–Kier alpha value is -1.32. The Labute approximate surface area is 120 Å². The van der Waals surface area contributed by atoms with Gasteiger partial charge in [0.15, 0.2) is 0 Å². The average molecular weight is 272 g/mol. The summed E-state index contributed by atoms with van der Waals surface area (Å²) >= 11 is 0. The van der Waals surface area contributed by atoms with Crippen molar-refractivity contribution in [3.63, 3.8) is 0 Å². The highest BCUT2D eigenvalue weighted by Gasteiger charge is 2.26. The molecule has 1 aliphatic carbocycles. The molecule has 0 saturated carbocycles. The molecule has 3 nitrogen and oxygen atoms in total. The first-order chi connectivity index (χ1) is 9.70. The third kappa shape index (κ3) is 2.36. The van der Waals surface area contributed by atoms with Gasteiger partial charge in [-0.1, -0.05) is 32.0 Å². The predicted octanol–water partition coefficient (Wildman–Crippen LogP) is 3.15. The summed E-state index contributed by atoms with van der Waals surface area (Å²) in [5.74, 6) is 0.440. The van der Waals surface area contributed by atoms with Crippen molar-refractivity contribution in [3.8, 4) is 0 Å². The van der Waals surface area contributed by atoms with E-state index in [-0.39, 0.29) is 12.6 Å². The molecule has 1 aliphatic rings. The van der Waals surface area contributed by atoms with Crippen LogP contribution in [-0.4, -0.2) is 22.7 Å². The molecule has 0 fully saturated rings. The van der Waals surface area contributed by atoms with Gasteiger partial charge in [0.1, 0.15) is 0 Å². The second-order valence-corrected chi connectivity index (χ2v) is 6.21. The van der Waals surface area contributed by atoms with E-state index in [1.165, 1.54) is 28.6 Å². The van der Waals surface area contributed by atoms with Gasteiger partial charge in [-0.15, -0.1) is 0 Å². The summed E-state index contributed by atoms with van der Waals surface area (Å²) in [7, 11) is 0. The predicted molar refractivity (Wildman–Crippen MR) is 82.8 cm³/mol. The van der Waals surface area contributed by atoms with Crippen molar-refractivity contribution < 1.29 is 5.11 Å². The number of benzene rings is 1. The van der Waals surface area contributed by atoms with Crippen molar-refractivity contribution in [1.82, 2.24) is 10.3 Å². The molecule has 2 aromatic rings. The molecule has 0 saturated heterocycles. The summed E-state index contributed by atoms with van der Waals surface area (Å²) in [6.45, 7) is 4.51. The van der Waals surface area contributed by atoms with Gasteiger partial charge in [-0.3, -0.25) is 0 Å². The van der Waals surface area contributed by atoms with Crippen molar-refractivity contribution in [2.45, 2.75) is 45.2 Å². The molecule has 1 aromatic heterocycles. The summed E-state index contributed by atoms with van der Waals surface area (Å²) < 4.78 is 0. The normalized spacial score (nSPS) is 20.3. The van der Waals surface area contributed by atoms with Crippen molar-refractivity contribution in [1.29, 1.82) is 0 Å². The lowest BCUT2D eigenvalue weighted by Gasteiger charge is -2.30. The number of aliphatic hydroxyl groups is 1. The molecular weight excluding hydrogens is 248 g/mol. The number of nitrogens with one attached hydrogen (secondary N) is 2. The Bertz CT molecular complexity index is 588. The van der Waals surface area contributed by atoms with E-state index < -0.39 is 0 Å². The van der Waals surface area contributed by atoms with Crippen LogP contribution in [-0.2, 0) is 6.42 Å². The lowest BCUT2D eigenvalue weighted by Crippen LogP contribution is -2.40. The zero-order chi connectivity index (χ0) is 14.1. The number of aliphatic hydroxyl groups excluding tert-OH is 1. The van der Waals surface area contributed by atoms with E-state index in [0.717, 1.165) is 12.8 Å². The van der Waals surface area contributed by atoms with Crippen molar-refractivity contribution in [2.75, 3.05) is 6.61 Å². The number of hydrogen-bond acceptors (Lipinski definition) is 2. The lowest BCUT2D eigenvalue weighted by atomic mass is 9.90. The van der Waals surface area contributed by atoms with Crippen LogP contribution in [0.4, 0.5) is 0 Å². The third-order valence-corrected chi connectivity index (χ3v) is 4.53. The minimum Gasteiger partial charge on any atom is -0.395 e. The highest BCUT2D eigenvalue weighted by Crippen LogP contribution is 2.35. The van der Waals surface area contributed by atoms with Gasteiger partial charge in [-0.05, 0) is 36.8 Å². The number of aryl methyl sites for hydroxylation is 1. The highest BCUT2D eigenvalue weighted by molar-refractivity contribution is 5.85. The Morgan fingerprint density at radius 1 is 1.35 bits per heavy atom. The lowest BCUT2D eigenvalue weighted by molar-refractivity contribution is 0.194. The van der Waals surface area contributed by atoms with Gasteiger partial charge >= 0.3 is 0 Å². The highest BCUT2D eigenvalue weighted by atomic mass is 16.3. The summed E-state index contributed by atoms with van der Waals surface area (Å²) in [6, 6.07) is 9.05. The molecular formula is C17H24N2O. The molecule has 0 aliphatic heterocycles. The van der Waals surface area contributed by atoms with Crippen LogP contribution in [0.15, 0.2) is 24.3 Å². The van der Waals surface area contributed by atoms with Gasteiger partial charge in [-0.2, -0.15) is 0 Å². The molecule has 2 unspecified atom stereocenters. The Morgan fingerprint density at radius 2 is 2.15 bits per heavy atom. The average Bonchev–Trinajstić information content (AvgIpc) is 2.84. The van der Waals surface area contributed by atoms with E-state index in [2.05, 4.69) is 48.4 Å². The molecule has 1 heterocycles. The van der Waals surface area contributed by atoms with Crippen LogP contribution in [0, 0.1) is 5.92 Å². The fraction of sp³-hybridized carbons (Fsp3) is 0.529. The molecule has 3 heteroatoms. The first kappa shape index (κ1) is 13.7. The van der Waals surface area contributed by atoms with Crippen LogP contribution >= 0.6 is 0 Å². The molecule has 1 aromatic carbocycles. The van der Waals surface area contributed by atoms with Crippen LogP contribution < -0.4 is 5.32 Å². The van der Waals surface area contributed by atoms with Gasteiger partial charge in [0.05, 0.1) is 6.61 Å². The molecule has 3 rings (SSSR count). The van der Waals surface area contributed by atoms with Crippen LogP contribution in [0.1, 0.15) is 44.0 Å². The van der Waals surface area contributed by atoms with Crippen LogP contribution in [0.3, 0.4) is 0 Å². The van der Waals surface area contributed by atoms with Gasteiger partial charge in [0.2, 0.25) is 0 Å². The van der Waals surface area contributed by atoms with E-state index in [1.807, 2.05) is 0 Å². The monoisotopic (exact) mass is 272 g/mol. The largest absolute Gasteiger partial charge is 0.395 e. The zero-order valence-corrected chi connectivity index (χ0v) is 12.3. The quantitative estimate of drug-likeness (QED) is 0.800. The first-order valence-corrected chi connectivity index (χ1v) is 7.67. The van der Waals surface area contributed by atoms with Crippen molar-refractivity contribution >= 4 is 10.9 Å². The number of fused-ring (bicyclic) bond motifs is 3. The summed E-state index contributed by atoms with van der Waals surface area (Å²) in [5.41, 5.74) is 4.03. The van der Waals surface area contributed by atoms with Crippen LogP contribution in [0.2, 0.25) is 0 Å². The number of para-hydroxylation sites is 1. The molecule has 0 amide bonds. The molecule has 2 atom stereocenters. The Balaban J connectivity index is 1.93. The zero-order valence-electron chi connectivity index (χ0n) is 12.3. The summed E-state index contributed by atoms with van der Waals surface area (Å²) in [5, 5.41) is 14.5. The van der Waals surface area contributed by atoms with E-state index in [9.17, 15) is 5.11 Å². The fourth-order valence-electron chi connectivity index (χ4n) is 3.30. The Kier molecular flexibility index (Phi) is 3.81. The van der Waals surface area contributed by atoms with E-state index in [4.69, 9.17) is 0 Å². The second-order valence-electron chi connectivity index (χ2n) is 6.21. The summed E-state index contributed by atoms with van der Waals surface area (Å²) in [4.78, 5) is 3.59. The van der Waals surface area contributed by atoms with Gasteiger partial charge in [0.25, 0.3) is 0 Å². The van der Waals surface area contributed by atoms with Gasteiger partial charge in [0, 0.05) is 28.7 Å². The third-order valence-electron chi connectivity index (χ3n) is 4.53. The van der Waals surface area contributed by atoms with E-state index in [0.29, 0.717) is 12.0 Å². The molecule has 20 heavy (non-hydrogen) atoms. The second kappa shape index (κ2) is 5.58. The molecule has 3 N–H and O–H groups in total.